The lowest BCUT2D eigenvalue weighted by Crippen LogP contribution is -2.47. The van der Waals surface area contributed by atoms with Crippen LogP contribution in [0, 0.1) is 11.8 Å². The lowest BCUT2D eigenvalue weighted by Gasteiger charge is -2.25. The predicted octanol–water partition coefficient (Wildman–Crippen LogP) is 2.44. The maximum absolute atomic E-state index is 11.3. The number of nitrogens with one attached hydrogen (secondary N) is 1. The van der Waals surface area contributed by atoms with E-state index in [-0.39, 0.29) is 11.9 Å². The lowest BCUT2D eigenvalue weighted by molar-refractivity contribution is -0.120. The van der Waals surface area contributed by atoms with Crippen molar-refractivity contribution in [3.8, 4) is 0 Å². The van der Waals surface area contributed by atoms with Crippen LogP contribution < -0.4 is 11.1 Å². The molecule has 17 heavy (non-hydrogen) atoms. The van der Waals surface area contributed by atoms with Gasteiger partial charge in [-0.25, -0.2) is 0 Å². The molecule has 0 radical (unpaired) electrons. The molecule has 0 bridgehead atoms. The second-order valence-corrected chi connectivity index (χ2v) is 5.80. The third kappa shape index (κ3) is 4.66. The van der Waals surface area contributed by atoms with E-state index < -0.39 is 0 Å². The van der Waals surface area contributed by atoms with Gasteiger partial charge in [0.25, 0.3) is 0 Å². The molecule has 1 amide bonds. The summed E-state index contributed by atoms with van der Waals surface area (Å²) in [5.74, 6) is 1.31. The van der Waals surface area contributed by atoms with E-state index in [2.05, 4.69) is 19.2 Å². The largest absolute Gasteiger partial charge is 0.368 e. The molecule has 1 fully saturated rings. The Bertz CT molecular complexity index is 240. The molecule has 3 nitrogen and oxygen atoms in total. The zero-order valence-corrected chi connectivity index (χ0v) is 11.5. The molecule has 3 atom stereocenters. The van der Waals surface area contributed by atoms with E-state index in [9.17, 15) is 4.79 Å². The van der Waals surface area contributed by atoms with Gasteiger partial charge in [0.1, 0.15) is 0 Å². The van der Waals surface area contributed by atoms with Gasteiger partial charge in [-0.15, -0.1) is 0 Å². The van der Waals surface area contributed by atoms with Crippen molar-refractivity contribution in [3.63, 3.8) is 0 Å². The molecule has 3 N–H and O–H groups in total. The SMILES string of the molecule is CC[C@H](N[C@H]1CCC[C@@H]1CCC(C)C)C(N)=O. The molecule has 0 heterocycles. The minimum Gasteiger partial charge on any atom is -0.368 e. The quantitative estimate of drug-likeness (QED) is 0.718. The molecular formula is C14H28N2O. The number of carbonyl (C=O) groups is 1. The topological polar surface area (TPSA) is 55.1 Å². The van der Waals surface area contributed by atoms with Crippen molar-refractivity contribution in [2.45, 2.75) is 71.4 Å². The van der Waals surface area contributed by atoms with Crippen molar-refractivity contribution in [3.05, 3.63) is 0 Å². The molecule has 1 rings (SSSR count). The highest BCUT2D eigenvalue weighted by atomic mass is 16.1. The molecule has 3 heteroatoms. The highest BCUT2D eigenvalue weighted by molar-refractivity contribution is 5.79. The lowest BCUT2D eigenvalue weighted by atomic mass is 9.93. The van der Waals surface area contributed by atoms with Crippen molar-refractivity contribution >= 4 is 5.91 Å². The fraction of sp³-hybridized carbons (Fsp3) is 0.929. The van der Waals surface area contributed by atoms with Gasteiger partial charge >= 0.3 is 0 Å². The normalized spacial score (nSPS) is 26.4. The standard InChI is InChI=1S/C14H28N2O/c1-4-12(14(15)17)16-13-7-5-6-11(13)9-8-10(2)3/h10-13,16H,4-9H2,1-3H3,(H2,15,17)/t11-,12+,13+/m1/s1. The van der Waals surface area contributed by atoms with Crippen LogP contribution in [0.15, 0.2) is 0 Å². The Morgan fingerprint density at radius 1 is 1.41 bits per heavy atom. The fourth-order valence-corrected chi connectivity index (χ4v) is 2.81. The van der Waals surface area contributed by atoms with Gasteiger partial charge in [-0.1, -0.05) is 33.6 Å². The summed E-state index contributed by atoms with van der Waals surface area (Å²) in [6, 6.07) is 0.367. The first kappa shape index (κ1) is 14.5. The molecule has 0 aliphatic heterocycles. The summed E-state index contributed by atoms with van der Waals surface area (Å²) in [6.45, 7) is 6.56. The first-order valence-electron chi connectivity index (χ1n) is 7.10. The summed E-state index contributed by atoms with van der Waals surface area (Å²) in [5, 5.41) is 3.46. The minimum absolute atomic E-state index is 0.139. The molecule has 1 saturated carbocycles. The van der Waals surface area contributed by atoms with Crippen LogP contribution in [0.3, 0.4) is 0 Å². The number of nitrogens with two attached hydrogens (primary N) is 1. The Morgan fingerprint density at radius 2 is 2.12 bits per heavy atom. The highest BCUT2D eigenvalue weighted by Gasteiger charge is 2.29. The van der Waals surface area contributed by atoms with Crippen LogP contribution in [0.1, 0.15) is 59.3 Å². The number of rotatable bonds is 7. The maximum atomic E-state index is 11.3. The minimum atomic E-state index is -0.206. The Labute approximate surface area is 106 Å². The van der Waals surface area contributed by atoms with Crippen LogP contribution in [0.2, 0.25) is 0 Å². The summed E-state index contributed by atoms with van der Waals surface area (Å²) < 4.78 is 0. The van der Waals surface area contributed by atoms with E-state index in [0.29, 0.717) is 6.04 Å². The van der Waals surface area contributed by atoms with Crippen LogP contribution in [-0.2, 0) is 4.79 Å². The maximum Gasteiger partial charge on any atom is 0.234 e. The zero-order chi connectivity index (χ0) is 12.8. The van der Waals surface area contributed by atoms with E-state index in [1.165, 1.54) is 32.1 Å². The van der Waals surface area contributed by atoms with E-state index >= 15 is 0 Å². The smallest absolute Gasteiger partial charge is 0.234 e. The van der Waals surface area contributed by atoms with Gasteiger partial charge in [-0.3, -0.25) is 4.79 Å². The third-order valence-corrected chi connectivity index (χ3v) is 3.94. The van der Waals surface area contributed by atoms with Crippen LogP contribution in [0.5, 0.6) is 0 Å². The van der Waals surface area contributed by atoms with Crippen LogP contribution in [0.4, 0.5) is 0 Å². The number of hydrogen-bond acceptors (Lipinski definition) is 2. The van der Waals surface area contributed by atoms with Crippen molar-refractivity contribution in [2.75, 3.05) is 0 Å². The van der Waals surface area contributed by atoms with Crippen molar-refractivity contribution < 1.29 is 4.79 Å². The number of carbonyl (C=O) groups excluding carboxylic acids is 1. The van der Waals surface area contributed by atoms with Crippen molar-refractivity contribution in [1.82, 2.24) is 5.32 Å². The number of amides is 1. The molecule has 0 aromatic rings. The van der Waals surface area contributed by atoms with Gasteiger partial charge in [0.15, 0.2) is 0 Å². The Balaban J connectivity index is 2.42. The van der Waals surface area contributed by atoms with Gasteiger partial charge in [-0.05, 0) is 37.5 Å². The number of primary amides is 1. The van der Waals surface area contributed by atoms with Crippen molar-refractivity contribution in [1.29, 1.82) is 0 Å². The molecule has 1 aliphatic rings. The van der Waals surface area contributed by atoms with Crippen LogP contribution in [0.25, 0.3) is 0 Å². The Hall–Kier alpha value is -0.570. The highest BCUT2D eigenvalue weighted by Crippen LogP contribution is 2.31. The molecule has 0 unspecified atom stereocenters. The van der Waals surface area contributed by atoms with Gasteiger partial charge < -0.3 is 11.1 Å². The predicted molar refractivity (Wildman–Crippen MR) is 71.6 cm³/mol. The summed E-state index contributed by atoms with van der Waals surface area (Å²) in [5.41, 5.74) is 5.39. The number of hydrogen-bond donors (Lipinski definition) is 2. The molecular weight excluding hydrogens is 212 g/mol. The Morgan fingerprint density at radius 3 is 2.65 bits per heavy atom. The molecule has 0 aromatic heterocycles. The van der Waals surface area contributed by atoms with Crippen molar-refractivity contribution in [2.24, 2.45) is 17.6 Å². The first-order valence-corrected chi connectivity index (χ1v) is 7.10. The zero-order valence-electron chi connectivity index (χ0n) is 11.5. The second-order valence-electron chi connectivity index (χ2n) is 5.80. The van der Waals surface area contributed by atoms with Gasteiger partial charge in [0.05, 0.1) is 6.04 Å². The van der Waals surface area contributed by atoms with Gasteiger partial charge in [-0.2, -0.15) is 0 Å². The van der Waals surface area contributed by atoms with E-state index in [1.54, 1.807) is 0 Å². The third-order valence-electron chi connectivity index (χ3n) is 3.94. The average Bonchev–Trinajstić information content (AvgIpc) is 2.69. The molecule has 1 aliphatic carbocycles. The first-order chi connectivity index (χ1) is 8.04. The van der Waals surface area contributed by atoms with E-state index in [4.69, 9.17) is 5.73 Å². The summed E-state index contributed by atoms with van der Waals surface area (Å²) in [7, 11) is 0. The fourth-order valence-electron chi connectivity index (χ4n) is 2.81. The van der Waals surface area contributed by atoms with E-state index in [1.807, 2.05) is 6.92 Å². The average molecular weight is 240 g/mol. The summed E-state index contributed by atoms with van der Waals surface area (Å²) >= 11 is 0. The van der Waals surface area contributed by atoms with E-state index in [0.717, 1.165) is 18.3 Å². The molecule has 0 spiro atoms. The molecule has 100 valence electrons. The monoisotopic (exact) mass is 240 g/mol. The van der Waals surface area contributed by atoms with Gasteiger partial charge in [0, 0.05) is 6.04 Å². The van der Waals surface area contributed by atoms with Gasteiger partial charge in [0.2, 0.25) is 5.91 Å². The summed E-state index contributed by atoms with van der Waals surface area (Å²) in [6.07, 6.45) is 7.16. The second kappa shape index (κ2) is 7.00. The molecule has 0 aromatic carbocycles. The molecule has 0 saturated heterocycles. The summed E-state index contributed by atoms with van der Waals surface area (Å²) in [4.78, 5) is 11.3. The van der Waals surface area contributed by atoms with Crippen LogP contribution >= 0.6 is 0 Å². The Kier molecular flexibility index (Phi) is 5.96. The van der Waals surface area contributed by atoms with Crippen LogP contribution in [-0.4, -0.2) is 18.0 Å².